The molecule has 1 fully saturated rings. The number of rotatable bonds is 1. The van der Waals surface area contributed by atoms with Gasteiger partial charge >= 0.3 is 0 Å². The number of nitrogens with one attached hydrogen (secondary N) is 1. The molecule has 2 nitrogen and oxygen atoms in total. The molecular formula is C22H22FNO. The SMILES string of the molecule is CC1=C2CC(CCNC2=O)Cc2c1cc(F)cc2-c1ccc(C)cc1. The van der Waals surface area contributed by atoms with Crippen LogP contribution in [0.2, 0.25) is 0 Å². The lowest BCUT2D eigenvalue weighted by Gasteiger charge is -2.18. The Hall–Kier alpha value is -2.42. The van der Waals surface area contributed by atoms with Crippen LogP contribution in [-0.2, 0) is 11.2 Å². The number of allylic oxidation sites excluding steroid dienone is 1. The molecule has 0 aromatic heterocycles. The van der Waals surface area contributed by atoms with E-state index >= 15 is 0 Å². The van der Waals surface area contributed by atoms with Gasteiger partial charge in [-0.25, -0.2) is 4.39 Å². The number of amides is 1. The summed E-state index contributed by atoms with van der Waals surface area (Å²) in [5.41, 5.74) is 7.00. The van der Waals surface area contributed by atoms with Gasteiger partial charge in [0, 0.05) is 12.1 Å². The monoisotopic (exact) mass is 335 g/mol. The third-order valence-electron chi connectivity index (χ3n) is 5.53. The van der Waals surface area contributed by atoms with E-state index in [9.17, 15) is 9.18 Å². The van der Waals surface area contributed by atoms with Gasteiger partial charge in [-0.2, -0.15) is 0 Å². The highest BCUT2D eigenvalue weighted by Crippen LogP contribution is 2.40. The third kappa shape index (κ3) is 2.88. The molecule has 1 atom stereocenters. The van der Waals surface area contributed by atoms with E-state index in [1.807, 2.05) is 6.92 Å². The van der Waals surface area contributed by atoms with Crippen LogP contribution in [0.5, 0.6) is 0 Å². The summed E-state index contributed by atoms with van der Waals surface area (Å²) >= 11 is 0. The van der Waals surface area contributed by atoms with E-state index in [1.165, 1.54) is 11.1 Å². The Morgan fingerprint density at radius 2 is 1.76 bits per heavy atom. The van der Waals surface area contributed by atoms with E-state index in [-0.39, 0.29) is 11.7 Å². The summed E-state index contributed by atoms with van der Waals surface area (Å²) in [6.07, 6.45) is 2.63. The molecule has 2 aromatic rings. The molecule has 128 valence electrons. The van der Waals surface area contributed by atoms with Crippen molar-refractivity contribution >= 4 is 11.5 Å². The molecule has 1 unspecified atom stereocenters. The van der Waals surface area contributed by atoms with Crippen LogP contribution in [0.1, 0.15) is 36.5 Å². The van der Waals surface area contributed by atoms with E-state index in [4.69, 9.17) is 0 Å². The standard InChI is InChI=1S/C22H22FNO/c1-13-3-5-16(6-4-13)20-12-17(23)11-18-14(2)19-9-15(10-21(18)20)7-8-24-22(19)25/h3-6,11-12,15H,7-10H2,1-2H3,(H,24,25). The maximum Gasteiger partial charge on any atom is 0.247 e. The highest BCUT2D eigenvalue weighted by atomic mass is 19.1. The quantitative estimate of drug-likeness (QED) is 0.807. The van der Waals surface area contributed by atoms with Crippen LogP contribution < -0.4 is 5.32 Å². The van der Waals surface area contributed by atoms with Crippen molar-refractivity contribution in [1.82, 2.24) is 5.32 Å². The third-order valence-corrected chi connectivity index (χ3v) is 5.53. The molecular weight excluding hydrogens is 313 g/mol. The zero-order valence-corrected chi connectivity index (χ0v) is 14.7. The topological polar surface area (TPSA) is 29.1 Å². The van der Waals surface area contributed by atoms with Gasteiger partial charge in [-0.15, -0.1) is 0 Å². The first-order valence-electron chi connectivity index (χ1n) is 8.90. The van der Waals surface area contributed by atoms with Gasteiger partial charge in [-0.3, -0.25) is 4.79 Å². The number of carbonyl (C=O) groups excluding carboxylic acids is 1. The Bertz CT molecular complexity index is 880. The van der Waals surface area contributed by atoms with Crippen molar-refractivity contribution in [2.24, 2.45) is 5.92 Å². The molecule has 0 radical (unpaired) electrons. The van der Waals surface area contributed by atoms with Gasteiger partial charge in [0.05, 0.1) is 0 Å². The molecule has 1 saturated heterocycles. The molecule has 4 rings (SSSR count). The maximum atomic E-state index is 14.4. The fourth-order valence-electron chi connectivity index (χ4n) is 4.11. The van der Waals surface area contributed by atoms with E-state index in [1.54, 1.807) is 12.1 Å². The van der Waals surface area contributed by atoms with E-state index in [2.05, 4.69) is 36.5 Å². The first kappa shape index (κ1) is 16.1. The Kier molecular flexibility index (Phi) is 3.95. The summed E-state index contributed by atoms with van der Waals surface area (Å²) in [7, 11) is 0. The first-order chi connectivity index (χ1) is 12.0. The predicted molar refractivity (Wildman–Crippen MR) is 98.6 cm³/mol. The van der Waals surface area contributed by atoms with E-state index in [0.29, 0.717) is 5.92 Å². The Morgan fingerprint density at radius 1 is 1.04 bits per heavy atom. The lowest BCUT2D eigenvalue weighted by atomic mass is 9.87. The van der Waals surface area contributed by atoms with E-state index < -0.39 is 0 Å². The van der Waals surface area contributed by atoms with Crippen molar-refractivity contribution in [2.75, 3.05) is 6.54 Å². The van der Waals surface area contributed by atoms with Crippen molar-refractivity contribution in [3.63, 3.8) is 0 Å². The fourth-order valence-corrected chi connectivity index (χ4v) is 4.11. The average molecular weight is 335 g/mol. The lowest BCUT2D eigenvalue weighted by Crippen LogP contribution is -2.24. The second kappa shape index (κ2) is 6.14. The van der Waals surface area contributed by atoms with Crippen molar-refractivity contribution < 1.29 is 9.18 Å². The summed E-state index contributed by atoms with van der Waals surface area (Å²) in [6, 6.07) is 11.5. The summed E-state index contributed by atoms with van der Waals surface area (Å²) in [4.78, 5) is 12.4. The minimum absolute atomic E-state index is 0.00833. The number of hydrogen-bond donors (Lipinski definition) is 1. The highest BCUT2D eigenvalue weighted by Gasteiger charge is 2.29. The Balaban J connectivity index is 1.96. The van der Waals surface area contributed by atoms with Gasteiger partial charge < -0.3 is 5.32 Å². The summed E-state index contributed by atoms with van der Waals surface area (Å²) < 4.78 is 14.4. The van der Waals surface area contributed by atoms with Crippen molar-refractivity contribution in [3.8, 4) is 11.1 Å². The average Bonchev–Trinajstić information content (AvgIpc) is 2.85. The molecule has 1 aliphatic heterocycles. The van der Waals surface area contributed by atoms with Gasteiger partial charge in [-0.1, -0.05) is 29.8 Å². The molecule has 2 aliphatic rings. The lowest BCUT2D eigenvalue weighted by molar-refractivity contribution is -0.117. The number of carbonyl (C=O) groups is 1. The van der Waals surface area contributed by atoms with Crippen LogP contribution in [-0.4, -0.2) is 12.5 Å². The van der Waals surface area contributed by atoms with Gasteiger partial charge in [0.1, 0.15) is 5.82 Å². The summed E-state index contributed by atoms with van der Waals surface area (Å²) in [5.74, 6) is 0.178. The van der Waals surface area contributed by atoms with Crippen LogP contribution in [0.4, 0.5) is 4.39 Å². The van der Waals surface area contributed by atoms with E-state index in [0.717, 1.165) is 53.6 Å². The highest BCUT2D eigenvalue weighted by molar-refractivity contribution is 6.02. The molecule has 1 N–H and O–H groups in total. The van der Waals surface area contributed by atoms with Crippen LogP contribution in [0.15, 0.2) is 42.0 Å². The minimum Gasteiger partial charge on any atom is -0.352 e. The predicted octanol–water partition coefficient (Wildman–Crippen LogP) is 4.66. The second-order valence-corrected chi connectivity index (χ2v) is 7.27. The molecule has 2 aromatic carbocycles. The number of hydrogen-bond acceptors (Lipinski definition) is 1. The van der Waals surface area contributed by atoms with Crippen LogP contribution >= 0.6 is 0 Å². The van der Waals surface area contributed by atoms with Crippen molar-refractivity contribution in [2.45, 2.75) is 33.1 Å². The van der Waals surface area contributed by atoms with Gasteiger partial charge in [-0.05, 0) is 79.0 Å². The van der Waals surface area contributed by atoms with Gasteiger partial charge in [0.15, 0.2) is 0 Å². The zero-order valence-electron chi connectivity index (χ0n) is 14.7. The second-order valence-electron chi connectivity index (χ2n) is 7.27. The number of halogens is 1. The molecule has 1 amide bonds. The van der Waals surface area contributed by atoms with Gasteiger partial charge in [0.25, 0.3) is 0 Å². The largest absolute Gasteiger partial charge is 0.352 e. The number of benzene rings is 2. The van der Waals surface area contributed by atoms with Gasteiger partial charge in [0.2, 0.25) is 5.91 Å². The normalized spacial score (nSPS) is 19.8. The molecule has 3 heteroatoms. The van der Waals surface area contributed by atoms with Crippen LogP contribution in [0.3, 0.4) is 0 Å². The summed E-state index contributed by atoms with van der Waals surface area (Å²) in [6.45, 7) is 4.73. The Labute approximate surface area is 147 Å². The van der Waals surface area contributed by atoms with Crippen molar-refractivity contribution in [1.29, 1.82) is 0 Å². The first-order valence-corrected chi connectivity index (χ1v) is 8.90. The minimum atomic E-state index is -0.246. The zero-order chi connectivity index (χ0) is 17.6. The number of aryl methyl sites for hydroxylation is 1. The molecule has 2 bridgehead atoms. The molecule has 1 heterocycles. The molecule has 25 heavy (non-hydrogen) atoms. The molecule has 1 aliphatic carbocycles. The fraction of sp³-hybridized carbons (Fsp3) is 0.318. The smallest absolute Gasteiger partial charge is 0.247 e. The molecule has 0 saturated carbocycles. The maximum absolute atomic E-state index is 14.4. The molecule has 0 spiro atoms. The van der Waals surface area contributed by atoms with Crippen molar-refractivity contribution in [3.05, 3.63) is 64.5 Å². The summed E-state index contributed by atoms with van der Waals surface area (Å²) in [5, 5.41) is 2.98. The Morgan fingerprint density at radius 3 is 2.52 bits per heavy atom. The van der Waals surface area contributed by atoms with Crippen LogP contribution in [0, 0.1) is 18.7 Å². The van der Waals surface area contributed by atoms with Crippen LogP contribution in [0.25, 0.3) is 16.7 Å². The number of fused-ring (bicyclic) bond motifs is 3.